The molecule has 0 radical (unpaired) electrons. The van der Waals surface area contributed by atoms with Gasteiger partial charge in [-0.15, -0.1) is 0 Å². The number of alkyl halides is 1. The Balaban J connectivity index is 2.53. The maximum atomic E-state index is 11.1. The van der Waals surface area contributed by atoms with E-state index in [4.69, 9.17) is 0 Å². The van der Waals surface area contributed by atoms with Crippen molar-refractivity contribution in [3.05, 3.63) is 11.6 Å². The van der Waals surface area contributed by atoms with E-state index in [1.807, 2.05) is 0 Å². The molecule has 0 saturated carbocycles. The highest BCUT2D eigenvalue weighted by Gasteiger charge is 2.09. The number of rotatable bonds is 2. The standard InChI is InChI=1S/C8H11BrO/c9-6-8(10)7-4-2-1-3-5-7/h4H,1-3,5-6H2. The summed E-state index contributed by atoms with van der Waals surface area (Å²) in [5.41, 5.74) is 1.03. The molecule has 10 heavy (non-hydrogen) atoms. The quantitative estimate of drug-likeness (QED) is 0.630. The van der Waals surface area contributed by atoms with Crippen LogP contribution >= 0.6 is 15.9 Å². The molecule has 1 nitrogen and oxygen atoms in total. The number of allylic oxidation sites excluding steroid dienone is 2. The highest BCUT2D eigenvalue weighted by atomic mass is 79.9. The summed E-state index contributed by atoms with van der Waals surface area (Å²) in [6.45, 7) is 0. The Morgan fingerprint density at radius 1 is 1.60 bits per heavy atom. The van der Waals surface area contributed by atoms with E-state index in [1.54, 1.807) is 0 Å². The summed E-state index contributed by atoms with van der Waals surface area (Å²) >= 11 is 3.16. The minimum Gasteiger partial charge on any atom is -0.294 e. The van der Waals surface area contributed by atoms with Crippen LogP contribution in [0, 0.1) is 0 Å². The monoisotopic (exact) mass is 202 g/mol. The van der Waals surface area contributed by atoms with Crippen molar-refractivity contribution in [3.8, 4) is 0 Å². The molecule has 1 aliphatic carbocycles. The lowest BCUT2D eigenvalue weighted by Crippen LogP contribution is -2.06. The number of halogens is 1. The molecule has 0 fully saturated rings. The summed E-state index contributed by atoms with van der Waals surface area (Å²) in [6.07, 6.45) is 6.59. The van der Waals surface area contributed by atoms with Gasteiger partial charge in [-0.3, -0.25) is 4.79 Å². The van der Waals surface area contributed by atoms with Crippen LogP contribution < -0.4 is 0 Å². The van der Waals surface area contributed by atoms with Gasteiger partial charge in [-0.25, -0.2) is 0 Å². The van der Waals surface area contributed by atoms with Crippen LogP contribution in [-0.2, 0) is 4.79 Å². The Morgan fingerprint density at radius 3 is 2.90 bits per heavy atom. The summed E-state index contributed by atoms with van der Waals surface area (Å²) < 4.78 is 0. The van der Waals surface area contributed by atoms with Gasteiger partial charge < -0.3 is 0 Å². The van der Waals surface area contributed by atoms with Gasteiger partial charge in [0.25, 0.3) is 0 Å². The fraction of sp³-hybridized carbons (Fsp3) is 0.625. The van der Waals surface area contributed by atoms with Crippen molar-refractivity contribution < 1.29 is 4.79 Å². The Morgan fingerprint density at radius 2 is 2.40 bits per heavy atom. The van der Waals surface area contributed by atoms with E-state index in [0.717, 1.165) is 18.4 Å². The lowest BCUT2D eigenvalue weighted by Gasteiger charge is -2.09. The summed E-state index contributed by atoms with van der Waals surface area (Å²) in [6, 6.07) is 0. The number of carbonyl (C=O) groups is 1. The van der Waals surface area contributed by atoms with Crippen molar-refractivity contribution in [2.75, 3.05) is 5.33 Å². The summed E-state index contributed by atoms with van der Waals surface area (Å²) in [4.78, 5) is 11.1. The predicted molar refractivity (Wildman–Crippen MR) is 45.4 cm³/mol. The van der Waals surface area contributed by atoms with Crippen LogP contribution in [0.5, 0.6) is 0 Å². The third-order valence-electron chi connectivity index (χ3n) is 1.77. The van der Waals surface area contributed by atoms with E-state index >= 15 is 0 Å². The van der Waals surface area contributed by atoms with Gasteiger partial charge in [0.15, 0.2) is 5.78 Å². The molecule has 0 unspecified atom stereocenters. The number of hydrogen-bond donors (Lipinski definition) is 0. The molecule has 0 bridgehead atoms. The fourth-order valence-electron chi connectivity index (χ4n) is 1.18. The molecule has 0 heterocycles. The van der Waals surface area contributed by atoms with Crippen LogP contribution in [0.4, 0.5) is 0 Å². The Hall–Kier alpha value is -0.110. The highest BCUT2D eigenvalue weighted by Crippen LogP contribution is 2.18. The van der Waals surface area contributed by atoms with Crippen molar-refractivity contribution in [2.45, 2.75) is 25.7 Å². The molecule has 1 rings (SSSR count). The molecule has 0 N–H and O–H groups in total. The highest BCUT2D eigenvalue weighted by molar-refractivity contribution is 9.09. The topological polar surface area (TPSA) is 17.1 Å². The first kappa shape index (κ1) is 7.99. The van der Waals surface area contributed by atoms with Gasteiger partial charge >= 0.3 is 0 Å². The number of hydrogen-bond acceptors (Lipinski definition) is 1. The largest absolute Gasteiger partial charge is 0.294 e. The van der Waals surface area contributed by atoms with Gasteiger partial charge in [-0.1, -0.05) is 22.0 Å². The zero-order valence-corrected chi connectivity index (χ0v) is 7.49. The van der Waals surface area contributed by atoms with Crippen molar-refractivity contribution in [3.63, 3.8) is 0 Å². The Bertz CT molecular complexity index is 161. The van der Waals surface area contributed by atoms with E-state index < -0.39 is 0 Å². The smallest absolute Gasteiger partial charge is 0.169 e. The summed E-state index contributed by atoms with van der Waals surface area (Å²) in [7, 11) is 0. The van der Waals surface area contributed by atoms with Crippen LogP contribution in [0.15, 0.2) is 11.6 Å². The molecule has 1 aliphatic rings. The van der Waals surface area contributed by atoms with Crippen LogP contribution in [0.25, 0.3) is 0 Å². The van der Waals surface area contributed by atoms with Crippen molar-refractivity contribution in [1.82, 2.24) is 0 Å². The normalized spacial score (nSPS) is 18.3. The summed E-state index contributed by atoms with van der Waals surface area (Å²) in [5.74, 6) is 0.264. The van der Waals surface area contributed by atoms with Gasteiger partial charge in [-0.2, -0.15) is 0 Å². The second-order valence-corrected chi connectivity index (χ2v) is 3.09. The van der Waals surface area contributed by atoms with Gasteiger partial charge in [0.05, 0.1) is 5.33 Å². The molecule has 2 heteroatoms. The van der Waals surface area contributed by atoms with Crippen molar-refractivity contribution in [1.29, 1.82) is 0 Å². The van der Waals surface area contributed by atoms with E-state index in [9.17, 15) is 4.79 Å². The van der Waals surface area contributed by atoms with Crippen LogP contribution in [-0.4, -0.2) is 11.1 Å². The molecule has 0 aromatic rings. The van der Waals surface area contributed by atoms with Gasteiger partial charge in [-0.05, 0) is 31.3 Å². The zero-order chi connectivity index (χ0) is 7.40. The molecular formula is C8H11BrO. The second-order valence-electron chi connectivity index (χ2n) is 2.53. The fourth-order valence-corrected chi connectivity index (χ4v) is 1.54. The molecule has 56 valence electrons. The molecule has 0 aromatic heterocycles. The third kappa shape index (κ3) is 1.94. The van der Waals surface area contributed by atoms with E-state index in [1.165, 1.54) is 12.8 Å². The maximum absolute atomic E-state index is 11.1. The molecular weight excluding hydrogens is 192 g/mol. The molecule has 0 aliphatic heterocycles. The van der Waals surface area contributed by atoms with Crippen molar-refractivity contribution in [2.24, 2.45) is 0 Å². The SMILES string of the molecule is O=C(CBr)C1=CCCCC1. The predicted octanol–water partition coefficient (Wildman–Crippen LogP) is 2.45. The van der Waals surface area contributed by atoms with E-state index in [0.29, 0.717) is 5.33 Å². The van der Waals surface area contributed by atoms with E-state index in [2.05, 4.69) is 22.0 Å². The zero-order valence-electron chi connectivity index (χ0n) is 5.90. The number of Topliss-reactive ketones (excluding diaryl/α,β-unsaturated/α-hetero) is 1. The number of ketones is 1. The number of carbonyl (C=O) groups excluding carboxylic acids is 1. The van der Waals surface area contributed by atoms with Crippen molar-refractivity contribution >= 4 is 21.7 Å². The summed E-state index contributed by atoms with van der Waals surface area (Å²) in [5, 5.41) is 0.485. The molecule has 0 spiro atoms. The van der Waals surface area contributed by atoms with E-state index in [-0.39, 0.29) is 5.78 Å². The Kier molecular flexibility index (Phi) is 3.13. The minimum absolute atomic E-state index is 0.264. The van der Waals surface area contributed by atoms with Crippen LogP contribution in [0.2, 0.25) is 0 Å². The van der Waals surface area contributed by atoms with Gasteiger partial charge in [0, 0.05) is 0 Å². The van der Waals surface area contributed by atoms with Crippen LogP contribution in [0.3, 0.4) is 0 Å². The minimum atomic E-state index is 0.264. The first-order chi connectivity index (χ1) is 4.84. The lowest BCUT2D eigenvalue weighted by atomic mass is 9.97. The molecule has 0 saturated heterocycles. The second kappa shape index (κ2) is 3.91. The Labute approximate surface area is 69.6 Å². The average molecular weight is 203 g/mol. The lowest BCUT2D eigenvalue weighted by molar-refractivity contribution is -0.113. The van der Waals surface area contributed by atoms with Gasteiger partial charge in [0.1, 0.15) is 0 Å². The molecule has 0 amide bonds. The van der Waals surface area contributed by atoms with Crippen LogP contribution in [0.1, 0.15) is 25.7 Å². The third-order valence-corrected chi connectivity index (χ3v) is 2.28. The molecule has 0 atom stereocenters. The first-order valence-electron chi connectivity index (χ1n) is 3.63. The average Bonchev–Trinajstić information content (AvgIpc) is 2.05. The van der Waals surface area contributed by atoms with Gasteiger partial charge in [0.2, 0.25) is 0 Å². The first-order valence-corrected chi connectivity index (χ1v) is 4.75. The molecule has 0 aromatic carbocycles. The maximum Gasteiger partial charge on any atom is 0.169 e.